The molecule has 28 heavy (non-hydrogen) atoms. The second-order valence-corrected chi connectivity index (χ2v) is 8.24. The van der Waals surface area contributed by atoms with E-state index in [9.17, 15) is 9.59 Å². The van der Waals surface area contributed by atoms with E-state index in [4.69, 9.17) is 4.74 Å². The van der Waals surface area contributed by atoms with Crippen LogP contribution in [0.5, 0.6) is 0 Å². The molecule has 1 saturated heterocycles. The minimum Gasteiger partial charge on any atom is -0.463 e. The number of esters is 1. The molecule has 7 heteroatoms. The van der Waals surface area contributed by atoms with Crippen LogP contribution in [0.25, 0.3) is 0 Å². The topological polar surface area (TPSA) is 71.0 Å². The fourth-order valence-corrected chi connectivity index (χ4v) is 4.34. The van der Waals surface area contributed by atoms with Crippen molar-refractivity contribution < 1.29 is 14.3 Å². The lowest BCUT2D eigenvalue weighted by atomic mass is 9.94. The first-order valence-corrected chi connectivity index (χ1v) is 10.7. The third kappa shape index (κ3) is 4.24. The molecule has 1 atom stereocenters. The molecule has 1 fully saturated rings. The van der Waals surface area contributed by atoms with Crippen molar-refractivity contribution in [1.29, 1.82) is 0 Å². The number of amides is 1. The molecule has 0 unspecified atom stereocenters. The standard InChI is InChI=1S/C21H27N3O3S/c1-5-27-20(26)17-14(4)22-21-24(11-6-12-28-21)18(17)15-7-9-16(10-8-15)23-19(25)13(2)3/h7-10,13,18H,5-6,11-12H2,1-4H3,(H,23,25)/t18-/m1/s1. The SMILES string of the molecule is CCOC(=O)C1=C(C)N=C2SCCCN2[C@@H]1c1ccc(NC(=O)C(C)C)cc1. The number of rotatable bonds is 5. The minimum absolute atomic E-state index is 0.0183. The van der Waals surface area contributed by atoms with E-state index in [-0.39, 0.29) is 23.8 Å². The zero-order valence-corrected chi connectivity index (χ0v) is 17.6. The molecule has 2 aliphatic heterocycles. The summed E-state index contributed by atoms with van der Waals surface area (Å²) in [5.41, 5.74) is 3.03. The van der Waals surface area contributed by atoms with Crippen LogP contribution in [0.4, 0.5) is 5.69 Å². The summed E-state index contributed by atoms with van der Waals surface area (Å²) in [6.45, 7) is 8.57. The average molecular weight is 402 g/mol. The number of hydrogen-bond donors (Lipinski definition) is 1. The maximum Gasteiger partial charge on any atom is 0.338 e. The summed E-state index contributed by atoms with van der Waals surface area (Å²) in [5.74, 6) is 0.614. The normalized spacial score (nSPS) is 19.2. The summed E-state index contributed by atoms with van der Waals surface area (Å²) < 4.78 is 5.33. The number of hydrogen-bond acceptors (Lipinski definition) is 6. The molecule has 150 valence electrons. The Morgan fingerprint density at radius 2 is 2.04 bits per heavy atom. The van der Waals surface area contributed by atoms with Crippen molar-refractivity contribution >= 4 is 34.5 Å². The summed E-state index contributed by atoms with van der Waals surface area (Å²) in [6.07, 6.45) is 1.04. The molecule has 2 heterocycles. The smallest absolute Gasteiger partial charge is 0.338 e. The minimum atomic E-state index is -0.319. The molecule has 1 N–H and O–H groups in total. The Balaban J connectivity index is 1.95. The number of nitrogens with one attached hydrogen (secondary N) is 1. The number of thioether (sulfide) groups is 1. The number of aliphatic imine (C=N–C) groups is 1. The maximum absolute atomic E-state index is 12.7. The Labute approximate surface area is 170 Å². The van der Waals surface area contributed by atoms with E-state index >= 15 is 0 Å². The molecule has 0 bridgehead atoms. The highest BCUT2D eigenvalue weighted by atomic mass is 32.2. The molecule has 6 nitrogen and oxygen atoms in total. The fraction of sp³-hybridized carbons (Fsp3) is 0.476. The number of anilines is 1. The second kappa shape index (κ2) is 8.82. The van der Waals surface area contributed by atoms with Crippen LogP contribution in [-0.4, -0.2) is 40.8 Å². The molecular weight excluding hydrogens is 374 g/mol. The van der Waals surface area contributed by atoms with Gasteiger partial charge in [0.05, 0.1) is 23.9 Å². The molecule has 0 radical (unpaired) electrons. The summed E-state index contributed by atoms with van der Waals surface area (Å²) in [6, 6.07) is 7.48. The van der Waals surface area contributed by atoms with Gasteiger partial charge in [0.15, 0.2) is 5.17 Å². The Morgan fingerprint density at radius 1 is 1.32 bits per heavy atom. The summed E-state index contributed by atoms with van der Waals surface area (Å²) in [7, 11) is 0. The van der Waals surface area contributed by atoms with Crippen molar-refractivity contribution in [3.8, 4) is 0 Å². The van der Waals surface area contributed by atoms with Crippen molar-refractivity contribution in [1.82, 2.24) is 4.90 Å². The number of nitrogens with zero attached hydrogens (tertiary/aromatic N) is 2. The molecule has 0 saturated carbocycles. The van der Waals surface area contributed by atoms with Gasteiger partial charge in [-0.1, -0.05) is 37.7 Å². The first-order valence-electron chi connectivity index (χ1n) is 9.69. The molecule has 2 aliphatic rings. The number of carbonyl (C=O) groups excluding carboxylic acids is 2. The zero-order chi connectivity index (χ0) is 20.3. The highest BCUT2D eigenvalue weighted by Crippen LogP contribution is 2.40. The summed E-state index contributed by atoms with van der Waals surface area (Å²) in [4.78, 5) is 31.5. The highest BCUT2D eigenvalue weighted by Gasteiger charge is 2.37. The van der Waals surface area contributed by atoms with Crippen molar-refractivity contribution in [3.05, 3.63) is 41.1 Å². The number of fused-ring (bicyclic) bond motifs is 1. The number of carbonyl (C=O) groups is 2. The van der Waals surface area contributed by atoms with Crippen molar-refractivity contribution in [2.75, 3.05) is 24.2 Å². The molecule has 1 aromatic rings. The summed E-state index contributed by atoms with van der Waals surface area (Å²) in [5, 5.41) is 3.86. The zero-order valence-electron chi connectivity index (χ0n) is 16.8. The van der Waals surface area contributed by atoms with Crippen LogP contribution in [-0.2, 0) is 14.3 Å². The lowest BCUT2D eigenvalue weighted by Gasteiger charge is -2.40. The quantitative estimate of drug-likeness (QED) is 0.756. The van der Waals surface area contributed by atoms with Crippen molar-refractivity contribution in [3.63, 3.8) is 0 Å². The van der Waals surface area contributed by atoms with E-state index in [2.05, 4.69) is 15.2 Å². The van der Waals surface area contributed by atoms with Gasteiger partial charge in [-0.2, -0.15) is 0 Å². The number of allylic oxidation sites excluding steroid dienone is 1. The lowest BCUT2D eigenvalue weighted by molar-refractivity contribution is -0.139. The Kier molecular flexibility index (Phi) is 6.44. The second-order valence-electron chi connectivity index (χ2n) is 7.18. The molecule has 0 spiro atoms. The Morgan fingerprint density at radius 3 is 2.68 bits per heavy atom. The van der Waals surface area contributed by atoms with E-state index in [1.807, 2.05) is 52.0 Å². The fourth-order valence-electron chi connectivity index (χ4n) is 3.32. The van der Waals surface area contributed by atoms with Crippen molar-refractivity contribution in [2.24, 2.45) is 10.9 Å². The van der Waals surface area contributed by atoms with E-state index in [1.54, 1.807) is 11.8 Å². The number of ether oxygens (including phenoxy) is 1. The van der Waals surface area contributed by atoms with Gasteiger partial charge in [-0.05, 0) is 38.0 Å². The van der Waals surface area contributed by atoms with Gasteiger partial charge in [0.25, 0.3) is 0 Å². The van der Waals surface area contributed by atoms with E-state index in [0.717, 1.165) is 35.1 Å². The average Bonchev–Trinajstić information content (AvgIpc) is 2.67. The third-order valence-corrected chi connectivity index (χ3v) is 5.85. The van der Waals surface area contributed by atoms with Crippen molar-refractivity contribution in [2.45, 2.75) is 40.2 Å². The van der Waals surface area contributed by atoms with Crippen LogP contribution in [0.2, 0.25) is 0 Å². The van der Waals surface area contributed by atoms with Gasteiger partial charge in [-0.3, -0.25) is 4.79 Å². The first-order chi connectivity index (χ1) is 13.4. The van der Waals surface area contributed by atoms with Gasteiger partial charge in [-0.25, -0.2) is 9.79 Å². The Bertz CT molecular complexity index is 815. The maximum atomic E-state index is 12.7. The molecule has 0 aromatic heterocycles. The van der Waals surface area contributed by atoms with E-state index < -0.39 is 0 Å². The van der Waals surface area contributed by atoms with E-state index in [0.29, 0.717) is 17.9 Å². The third-order valence-electron chi connectivity index (χ3n) is 4.77. The molecule has 1 aromatic carbocycles. The van der Waals surface area contributed by atoms with Gasteiger partial charge in [0.2, 0.25) is 5.91 Å². The van der Waals surface area contributed by atoms with Gasteiger partial charge >= 0.3 is 5.97 Å². The summed E-state index contributed by atoms with van der Waals surface area (Å²) >= 11 is 1.72. The molecule has 1 amide bonds. The van der Waals surface area contributed by atoms with Gasteiger partial charge < -0.3 is 15.0 Å². The van der Waals surface area contributed by atoms with Gasteiger partial charge in [0.1, 0.15) is 0 Å². The van der Waals surface area contributed by atoms with Crippen LogP contribution in [0.15, 0.2) is 40.5 Å². The van der Waals surface area contributed by atoms with E-state index in [1.165, 1.54) is 0 Å². The highest BCUT2D eigenvalue weighted by molar-refractivity contribution is 8.13. The molecule has 0 aliphatic carbocycles. The van der Waals surface area contributed by atoms with Crippen LogP contribution < -0.4 is 5.32 Å². The first kappa shape index (κ1) is 20.5. The monoisotopic (exact) mass is 401 g/mol. The predicted molar refractivity (Wildman–Crippen MR) is 113 cm³/mol. The molecular formula is C21H27N3O3S. The Hall–Kier alpha value is -2.28. The van der Waals surface area contributed by atoms with Gasteiger partial charge in [-0.15, -0.1) is 0 Å². The van der Waals surface area contributed by atoms with Crippen LogP contribution >= 0.6 is 11.8 Å². The van der Waals surface area contributed by atoms with Crippen LogP contribution in [0.3, 0.4) is 0 Å². The number of benzene rings is 1. The lowest BCUT2D eigenvalue weighted by Crippen LogP contribution is -2.42. The van der Waals surface area contributed by atoms with Gasteiger partial charge in [0, 0.05) is 23.9 Å². The number of amidine groups is 1. The van der Waals surface area contributed by atoms with Crippen LogP contribution in [0, 0.1) is 5.92 Å². The molecule has 3 rings (SSSR count). The largest absolute Gasteiger partial charge is 0.463 e. The predicted octanol–water partition coefficient (Wildman–Crippen LogP) is 3.97. The van der Waals surface area contributed by atoms with Crippen LogP contribution in [0.1, 0.15) is 45.7 Å².